The molecule has 2 fully saturated rings. The lowest BCUT2D eigenvalue weighted by molar-refractivity contribution is 0.439. The second kappa shape index (κ2) is 5.34. The molecule has 5 heteroatoms. The first kappa shape index (κ1) is 13.5. The van der Waals surface area contributed by atoms with Crippen molar-refractivity contribution in [1.82, 2.24) is 15.0 Å². The molecule has 1 aromatic carbocycles. The molecule has 2 N–H and O–H groups in total. The number of aromatic amines is 1. The molecule has 5 rings (SSSR count). The fourth-order valence-electron chi connectivity index (χ4n) is 4.29. The molecule has 3 aromatic rings. The lowest BCUT2D eigenvalue weighted by Gasteiger charge is -2.22. The number of aromatic nitrogens is 3. The van der Waals surface area contributed by atoms with E-state index in [1.807, 2.05) is 24.4 Å². The molecule has 23 heavy (non-hydrogen) atoms. The summed E-state index contributed by atoms with van der Waals surface area (Å²) in [5, 5.41) is 4.76. The van der Waals surface area contributed by atoms with E-state index in [1.165, 1.54) is 30.6 Å². The van der Waals surface area contributed by atoms with Gasteiger partial charge in [-0.1, -0.05) is 18.6 Å². The zero-order valence-corrected chi connectivity index (χ0v) is 13.8. The Morgan fingerprint density at radius 2 is 2.17 bits per heavy atom. The van der Waals surface area contributed by atoms with E-state index in [1.54, 1.807) is 11.3 Å². The summed E-state index contributed by atoms with van der Waals surface area (Å²) in [5.74, 6) is 2.86. The van der Waals surface area contributed by atoms with Gasteiger partial charge in [0.25, 0.3) is 0 Å². The van der Waals surface area contributed by atoms with Crippen LogP contribution >= 0.6 is 11.3 Å². The van der Waals surface area contributed by atoms with Crippen molar-refractivity contribution in [3.63, 3.8) is 0 Å². The molecule has 118 valence electrons. The molecular weight excluding hydrogens is 304 g/mol. The highest BCUT2D eigenvalue weighted by atomic mass is 32.1. The molecule has 2 aromatic heterocycles. The minimum Gasteiger partial charge on any atom is -0.358 e. The van der Waals surface area contributed by atoms with Gasteiger partial charge in [0.05, 0.1) is 11.0 Å². The first-order valence-corrected chi connectivity index (χ1v) is 9.30. The Hall–Kier alpha value is -1.88. The van der Waals surface area contributed by atoms with E-state index in [-0.39, 0.29) is 0 Å². The Morgan fingerprint density at radius 3 is 3.00 bits per heavy atom. The zero-order chi connectivity index (χ0) is 15.2. The predicted molar refractivity (Wildman–Crippen MR) is 93.9 cm³/mol. The molecule has 2 bridgehead atoms. The van der Waals surface area contributed by atoms with E-state index < -0.39 is 0 Å². The van der Waals surface area contributed by atoms with Crippen LogP contribution in [0.3, 0.4) is 0 Å². The number of benzene rings is 1. The standard InChI is InChI=1S/C18H20N4S/c1-2-4-15-14(3-1)20-17(21-15)9-13-10-19-18(23-13)22-16-8-11-5-6-12(16)7-11/h1-4,10-12,16H,5-9H2,(H,19,22)(H,20,21). The third-order valence-corrected chi connectivity index (χ3v) is 6.31. The molecule has 4 nitrogen and oxygen atoms in total. The molecule has 0 aliphatic heterocycles. The van der Waals surface area contributed by atoms with E-state index in [0.717, 1.165) is 40.2 Å². The van der Waals surface area contributed by atoms with E-state index >= 15 is 0 Å². The van der Waals surface area contributed by atoms with Gasteiger partial charge in [-0.3, -0.25) is 0 Å². The van der Waals surface area contributed by atoms with Gasteiger partial charge < -0.3 is 10.3 Å². The van der Waals surface area contributed by atoms with Gasteiger partial charge in [0.2, 0.25) is 0 Å². The van der Waals surface area contributed by atoms with Crippen LogP contribution in [0.25, 0.3) is 11.0 Å². The summed E-state index contributed by atoms with van der Waals surface area (Å²) in [4.78, 5) is 13.9. The monoisotopic (exact) mass is 324 g/mol. The van der Waals surface area contributed by atoms with Crippen molar-refractivity contribution >= 4 is 27.5 Å². The highest BCUT2D eigenvalue weighted by molar-refractivity contribution is 7.15. The molecule has 2 aliphatic carbocycles. The lowest BCUT2D eigenvalue weighted by Crippen LogP contribution is -2.25. The summed E-state index contributed by atoms with van der Waals surface area (Å²) < 4.78 is 0. The summed E-state index contributed by atoms with van der Waals surface area (Å²) in [6, 6.07) is 8.83. The second-order valence-corrected chi connectivity index (χ2v) is 8.05. The van der Waals surface area contributed by atoms with Crippen LogP contribution in [0.2, 0.25) is 0 Å². The Morgan fingerprint density at radius 1 is 1.22 bits per heavy atom. The van der Waals surface area contributed by atoms with Crippen LogP contribution < -0.4 is 5.32 Å². The topological polar surface area (TPSA) is 53.6 Å². The van der Waals surface area contributed by atoms with Crippen molar-refractivity contribution in [2.45, 2.75) is 38.1 Å². The molecule has 3 atom stereocenters. The number of fused-ring (bicyclic) bond motifs is 3. The maximum atomic E-state index is 4.65. The summed E-state index contributed by atoms with van der Waals surface area (Å²) in [6.07, 6.45) is 8.42. The predicted octanol–water partition coefficient (Wildman–Crippen LogP) is 4.21. The largest absolute Gasteiger partial charge is 0.358 e. The van der Waals surface area contributed by atoms with Crippen LogP contribution in [-0.2, 0) is 6.42 Å². The minimum atomic E-state index is 0.652. The normalized spacial score (nSPS) is 26.2. The molecule has 2 aliphatic rings. The second-order valence-electron chi connectivity index (χ2n) is 6.93. The SMILES string of the molecule is c1ccc2[nH]c(Cc3cnc(NC4CC5CCC4C5)s3)nc2c1. The van der Waals surface area contributed by atoms with Gasteiger partial charge >= 0.3 is 0 Å². The average Bonchev–Trinajstić information content (AvgIpc) is 3.31. The first-order valence-electron chi connectivity index (χ1n) is 8.48. The highest BCUT2D eigenvalue weighted by Gasteiger charge is 2.39. The highest BCUT2D eigenvalue weighted by Crippen LogP contribution is 2.45. The maximum absolute atomic E-state index is 4.65. The quantitative estimate of drug-likeness (QED) is 0.756. The molecule has 0 amide bonds. The number of H-pyrrole nitrogens is 1. The third kappa shape index (κ3) is 2.53. The number of para-hydroxylation sites is 2. The number of hydrogen-bond donors (Lipinski definition) is 2. The number of nitrogens with one attached hydrogen (secondary N) is 2. The summed E-state index contributed by atoms with van der Waals surface area (Å²) in [6.45, 7) is 0. The lowest BCUT2D eigenvalue weighted by atomic mass is 9.96. The van der Waals surface area contributed by atoms with Crippen LogP contribution in [0.15, 0.2) is 30.5 Å². The van der Waals surface area contributed by atoms with Crippen LogP contribution in [0.4, 0.5) is 5.13 Å². The van der Waals surface area contributed by atoms with E-state index in [2.05, 4.69) is 26.3 Å². The van der Waals surface area contributed by atoms with Crippen molar-refractivity contribution in [2.24, 2.45) is 11.8 Å². The van der Waals surface area contributed by atoms with Crippen LogP contribution in [0, 0.1) is 11.8 Å². The van der Waals surface area contributed by atoms with Crippen molar-refractivity contribution in [3.8, 4) is 0 Å². The third-order valence-electron chi connectivity index (χ3n) is 5.38. The van der Waals surface area contributed by atoms with Crippen molar-refractivity contribution < 1.29 is 0 Å². The number of rotatable bonds is 4. The summed E-state index contributed by atoms with van der Waals surface area (Å²) >= 11 is 1.77. The van der Waals surface area contributed by atoms with Crippen molar-refractivity contribution in [3.05, 3.63) is 41.2 Å². The molecule has 0 saturated heterocycles. The Kier molecular flexibility index (Phi) is 3.14. The van der Waals surface area contributed by atoms with Crippen LogP contribution in [-0.4, -0.2) is 21.0 Å². The van der Waals surface area contributed by atoms with Crippen LogP contribution in [0.5, 0.6) is 0 Å². The number of hydrogen-bond acceptors (Lipinski definition) is 4. The van der Waals surface area contributed by atoms with Crippen molar-refractivity contribution in [2.75, 3.05) is 5.32 Å². The van der Waals surface area contributed by atoms with E-state index in [9.17, 15) is 0 Å². The Labute approximate surface area is 139 Å². The fraction of sp³-hybridized carbons (Fsp3) is 0.444. The summed E-state index contributed by atoms with van der Waals surface area (Å²) in [7, 11) is 0. The molecule has 0 spiro atoms. The smallest absolute Gasteiger partial charge is 0.183 e. The molecule has 0 radical (unpaired) electrons. The van der Waals surface area contributed by atoms with E-state index in [4.69, 9.17) is 0 Å². The van der Waals surface area contributed by atoms with E-state index in [0.29, 0.717) is 6.04 Å². The van der Waals surface area contributed by atoms with Gasteiger partial charge in [0.15, 0.2) is 5.13 Å². The van der Waals surface area contributed by atoms with Gasteiger partial charge in [-0.25, -0.2) is 9.97 Å². The van der Waals surface area contributed by atoms with Gasteiger partial charge in [0.1, 0.15) is 5.82 Å². The maximum Gasteiger partial charge on any atom is 0.183 e. The van der Waals surface area contributed by atoms with Gasteiger partial charge in [0, 0.05) is 23.5 Å². The summed E-state index contributed by atoms with van der Waals surface area (Å²) in [5.41, 5.74) is 2.14. The molecule has 3 unspecified atom stereocenters. The zero-order valence-electron chi connectivity index (χ0n) is 13.0. The van der Waals surface area contributed by atoms with Gasteiger partial charge in [-0.2, -0.15) is 0 Å². The number of imidazole rings is 1. The Balaban J connectivity index is 1.29. The number of thiazole rings is 1. The number of nitrogens with zero attached hydrogens (tertiary/aromatic N) is 2. The van der Waals surface area contributed by atoms with Gasteiger partial charge in [-0.15, -0.1) is 11.3 Å². The average molecular weight is 324 g/mol. The number of anilines is 1. The minimum absolute atomic E-state index is 0.652. The molecular formula is C18H20N4S. The first-order chi connectivity index (χ1) is 11.3. The fourth-order valence-corrected chi connectivity index (χ4v) is 5.17. The van der Waals surface area contributed by atoms with Gasteiger partial charge in [-0.05, 0) is 43.2 Å². The van der Waals surface area contributed by atoms with Crippen LogP contribution in [0.1, 0.15) is 36.4 Å². The molecule has 2 saturated carbocycles. The van der Waals surface area contributed by atoms with Crippen molar-refractivity contribution in [1.29, 1.82) is 0 Å². The Bertz CT molecular complexity index is 803. The molecule has 2 heterocycles.